The highest BCUT2D eigenvalue weighted by Gasteiger charge is 2.55. The van der Waals surface area contributed by atoms with Gasteiger partial charge in [0.15, 0.2) is 0 Å². The number of anilines is 1. The van der Waals surface area contributed by atoms with Gasteiger partial charge in [0.25, 0.3) is 0 Å². The van der Waals surface area contributed by atoms with Gasteiger partial charge in [-0.3, -0.25) is 14.5 Å². The van der Waals surface area contributed by atoms with E-state index >= 15 is 0 Å². The van der Waals surface area contributed by atoms with Crippen molar-refractivity contribution in [1.82, 2.24) is 15.1 Å². The fourth-order valence-electron chi connectivity index (χ4n) is 5.53. The Kier molecular flexibility index (Phi) is 7.13. The van der Waals surface area contributed by atoms with Crippen LogP contribution in [0.5, 0.6) is 5.75 Å². The van der Waals surface area contributed by atoms with Crippen LogP contribution in [0.1, 0.15) is 24.9 Å². The molecule has 2 amide bonds. The van der Waals surface area contributed by atoms with Crippen LogP contribution in [0, 0.1) is 5.92 Å². The zero-order valence-electron chi connectivity index (χ0n) is 19.3. The van der Waals surface area contributed by atoms with Gasteiger partial charge in [0, 0.05) is 37.7 Å². The summed E-state index contributed by atoms with van der Waals surface area (Å²) in [6.07, 6.45) is 0.903. The standard InChI is InChI=1S/C25H30F2N4O3/c1-17(32)29-25-15-30(2)13-12-21(25)23(18-6-4-3-5-7-18)31(16-25)14-22(33)28-19-8-10-20(11-9-19)34-24(26)27/h3-11,21,23-24H,12-16H2,1-2H3,(H,28,33)(H,29,32)/t21-,23-,25-/m1/s1. The van der Waals surface area contributed by atoms with Crippen LogP contribution in [0.25, 0.3) is 0 Å². The summed E-state index contributed by atoms with van der Waals surface area (Å²) >= 11 is 0. The minimum atomic E-state index is -2.90. The number of halogens is 2. The number of hydrogen-bond acceptors (Lipinski definition) is 5. The first-order valence-corrected chi connectivity index (χ1v) is 11.4. The van der Waals surface area contributed by atoms with Gasteiger partial charge in [0.05, 0.1) is 12.1 Å². The number of nitrogens with zero attached hydrogens (tertiary/aromatic N) is 2. The Balaban J connectivity index is 1.55. The molecule has 7 nitrogen and oxygen atoms in total. The molecule has 2 aromatic carbocycles. The fraction of sp³-hybridized carbons (Fsp3) is 0.440. The topological polar surface area (TPSA) is 73.9 Å². The smallest absolute Gasteiger partial charge is 0.387 e. The van der Waals surface area contributed by atoms with Crippen molar-refractivity contribution in [2.75, 3.05) is 38.5 Å². The number of piperidine rings is 1. The summed E-state index contributed by atoms with van der Waals surface area (Å²) in [5.41, 5.74) is 1.16. The van der Waals surface area contributed by atoms with Gasteiger partial charge in [-0.25, -0.2) is 0 Å². The van der Waals surface area contributed by atoms with E-state index in [1.165, 1.54) is 31.2 Å². The zero-order chi connectivity index (χ0) is 24.3. The molecule has 9 heteroatoms. The van der Waals surface area contributed by atoms with Crippen LogP contribution in [0.3, 0.4) is 0 Å². The SMILES string of the molecule is CC(=O)N[C@@]12CN(C)CC[C@@H]1[C@@H](c1ccccc1)N(CC(=O)Nc1ccc(OC(F)F)cc1)C2. The number of rotatable bonds is 7. The van der Waals surface area contributed by atoms with E-state index in [1.807, 2.05) is 25.2 Å². The summed E-state index contributed by atoms with van der Waals surface area (Å²) in [6, 6.07) is 15.9. The number of likely N-dealkylation sites (N-methyl/N-ethyl adjacent to an activating group) is 1. The Morgan fingerprint density at radius 1 is 1.12 bits per heavy atom. The number of alkyl halides is 2. The molecule has 2 aliphatic rings. The highest BCUT2D eigenvalue weighted by molar-refractivity contribution is 5.92. The Bertz CT molecular complexity index is 1000. The largest absolute Gasteiger partial charge is 0.435 e. The molecule has 0 radical (unpaired) electrons. The van der Waals surface area contributed by atoms with Crippen LogP contribution in [0.2, 0.25) is 0 Å². The van der Waals surface area contributed by atoms with Crippen molar-refractivity contribution in [3.63, 3.8) is 0 Å². The van der Waals surface area contributed by atoms with Gasteiger partial charge in [-0.15, -0.1) is 0 Å². The molecule has 2 aromatic rings. The number of carbonyl (C=O) groups is 2. The van der Waals surface area contributed by atoms with Crippen molar-refractivity contribution in [1.29, 1.82) is 0 Å². The molecule has 34 heavy (non-hydrogen) atoms. The summed E-state index contributed by atoms with van der Waals surface area (Å²) in [7, 11) is 2.05. The lowest BCUT2D eigenvalue weighted by atomic mass is 9.76. The molecule has 0 saturated carbocycles. The second-order valence-electron chi connectivity index (χ2n) is 9.18. The third kappa shape index (κ3) is 5.37. The lowest BCUT2D eigenvalue weighted by Crippen LogP contribution is -2.63. The van der Waals surface area contributed by atoms with Gasteiger partial charge < -0.3 is 20.3 Å². The van der Waals surface area contributed by atoms with Gasteiger partial charge >= 0.3 is 6.61 Å². The number of carbonyl (C=O) groups excluding carboxylic acids is 2. The molecule has 0 spiro atoms. The highest BCUT2D eigenvalue weighted by Crippen LogP contribution is 2.47. The lowest BCUT2D eigenvalue weighted by Gasteiger charge is -2.44. The minimum absolute atomic E-state index is 0.0192. The Morgan fingerprint density at radius 3 is 2.47 bits per heavy atom. The van der Waals surface area contributed by atoms with Gasteiger partial charge in [0.2, 0.25) is 11.8 Å². The van der Waals surface area contributed by atoms with Gasteiger partial charge in [-0.2, -0.15) is 8.78 Å². The predicted octanol–water partition coefficient (Wildman–Crippen LogP) is 3.11. The van der Waals surface area contributed by atoms with E-state index in [0.717, 1.165) is 18.5 Å². The number of benzene rings is 2. The first-order chi connectivity index (χ1) is 16.3. The summed E-state index contributed by atoms with van der Waals surface area (Å²) in [5, 5.41) is 6.08. The summed E-state index contributed by atoms with van der Waals surface area (Å²) in [4.78, 5) is 29.5. The van der Waals surface area contributed by atoms with Gasteiger partial charge in [-0.05, 0) is 49.8 Å². The van der Waals surface area contributed by atoms with Crippen LogP contribution in [-0.2, 0) is 9.59 Å². The summed E-state index contributed by atoms with van der Waals surface area (Å²) < 4.78 is 29.1. The lowest BCUT2D eigenvalue weighted by molar-refractivity contribution is -0.122. The molecule has 0 aromatic heterocycles. The number of fused-ring (bicyclic) bond motifs is 1. The summed E-state index contributed by atoms with van der Waals surface area (Å²) in [5.74, 6) is -0.103. The van der Waals surface area contributed by atoms with E-state index in [1.54, 1.807) is 0 Å². The van der Waals surface area contributed by atoms with Crippen LogP contribution < -0.4 is 15.4 Å². The van der Waals surface area contributed by atoms with E-state index in [2.05, 4.69) is 37.3 Å². The molecular formula is C25H30F2N4O3. The predicted molar refractivity (Wildman–Crippen MR) is 125 cm³/mol. The Labute approximate surface area is 198 Å². The normalized spacial score (nSPS) is 25.1. The number of amides is 2. The molecule has 2 heterocycles. The molecule has 2 N–H and O–H groups in total. The van der Waals surface area contributed by atoms with E-state index < -0.39 is 12.2 Å². The Hall–Kier alpha value is -3.04. The molecule has 0 unspecified atom stereocenters. The molecule has 2 fully saturated rings. The van der Waals surface area contributed by atoms with Crippen molar-refractivity contribution in [3.8, 4) is 5.75 Å². The van der Waals surface area contributed by atoms with Crippen molar-refractivity contribution in [3.05, 3.63) is 60.2 Å². The Morgan fingerprint density at radius 2 is 1.82 bits per heavy atom. The van der Waals surface area contributed by atoms with E-state index in [-0.39, 0.29) is 36.1 Å². The number of likely N-dealkylation sites (tertiary alicyclic amines) is 2. The average Bonchev–Trinajstić information content (AvgIpc) is 3.06. The maximum Gasteiger partial charge on any atom is 0.387 e. The van der Waals surface area contributed by atoms with Gasteiger partial charge in [0.1, 0.15) is 5.75 Å². The molecule has 4 rings (SSSR count). The van der Waals surface area contributed by atoms with Crippen LogP contribution >= 0.6 is 0 Å². The number of nitrogens with one attached hydrogen (secondary N) is 2. The molecule has 2 saturated heterocycles. The molecular weight excluding hydrogens is 442 g/mol. The number of hydrogen-bond donors (Lipinski definition) is 2. The molecule has 3 atom stereocenters. The molecule has 2 aliphatic heterocycles. The highest BCUT2D eigenvalue weighted by atomic mass is 19.3. The van der Waals surface area contributed by atoms with Gasteiger partial charge in [-0.1, -0.05) is 30.3 Å². The van der Waals surface area contributed by atoms with Crippen molar-refractivity contribution in [2.24, 2.45) is 5.92 Å². The minimum Gasteiger partial charge on any atom is -0.435 e. The van der Waals surface area contributed by atoms with Crippen molar-refractivity contribution in [2.45, 2.75) is 31.5 Å². The fourth-order valence-corrected chi connectivity index (χ4v) is 5.53. The molecule has 182 valence electrons. The van der Waals surface area contributed by atoms with Crippen LogP contribution in [0.4, 0.5) is 14.5 Å². The third-order valence-corrected chi connectivity index (χ3v) is 6.62. The summed E-state index contributed by atoms with van der Waals surface area (Å²) in [6.45, 7) is 0.956. The third-order valence-electron chi connectivity index (χ3n) is 6.62. The first-order valence-electron chi connectivity index (χ1n) is 11.4. The monoisotopic (exact) mass is 472 g/mol. The second-order valence-corrected chi connectivity index (χ2v) is 9.18. The average molecular weight is 473 g/mol. The molecule has 0 bridgehead atoms. The number of ether oxygens (including phenoxy) is 1. The second kappa shape index (κ2) is 10.1. The quantitative estimate of drug-likeness (QED) is 0.648. The zero-order valence-corrected chi connectivity index (χ0v) is 19.3. The van der Waals surface area contributed by atoms with Crippen molar-refractivity contribution >= 4 is 17.5 Å². The van der Waals surface area contributed by atoms with Crippen LogP contribution in [-0.4, -0.2) is 67.0 Å². The maximum atomic E-state index is 13.0. The maximum absolute atomic E-state index is 13.0. The first kappa shape index (κ1) is 24.1. The van der Waals surface area contributed by atoms with E-state index in [9.17, 15) is 18.4 Å². The van der Waals surface area contributed by atoms with E-state index in [4.69, 9.17) is 0 Å². The molecule has 0 aliphatic carbocycles. The van der Waals surface area contributed by atoms with Crippen molar-refractivity contribution < 1.29 is 23.1 Å². The van der Waals surface area contributed by atoms with E-state index in [0.29, 0.717) is 18.8 Å². The van der Waals surface area contributed by atoms with Crippen LogP contribution in [0.15, 0.2) is 54.6 Å².